The molecule has 1 aromatic heterocycles. The number of amides is 1. The number of hydrogen-bond acceptors (Lipinski definition) is 4. The number of pyridine rings is 1. The minimum absolute atomic E-state index is 0.0886. The van der Waals surface area contributed by atoms with E-state index in [0.29, 0.717) is 38.3 Å². The van der Waals surface area contributed by atoms with Crippen LogP contribution >= 0.6 is 0 Å². The van der Waals surface area contributed by atoms with Gasteiger partial charge in [-0.3, -0.25) is 4.98 Å². The van der Waals surface area contributed by atoms with Gasteiger partial charge in [-0.1, -0.05) is 0 Å². The fourth-order valence-corrected chi connectivity index (χ4v) is 3.12. The van der Waals surface area contributed by atoms with E-state index < -0.39 is 12.5 Å². The average Bonchev–Trinajstić information content (AvgIpc) is 2.84. The Morgan fingerprint density at radius 2 is 2.18 bits per heavy atom. The molecular formula is C17H24N2O3. The highest BCUT2D eigenvalue weighted by Gasteiger charge is 2.44. The number of fused-ring (bicyclic) bond motifs is 2. The third kappa shape index (κ3) is 2.76. The summed E-state index contributed by atoms with van der Waals surface area (Å²) in [5.41, 5.74) is 0.218. The van der Waals surface area contributed by atoms with Gasteiger partial charge in [0.15, 0.2) is 0 Å². The van der Waals surface area contributed by atoms with Gasteiger partial charge in [0.05, 0.1) is 12.8 Å². The number of rotatable bonds is 0. The topological polar surface area (TPSA) is 51.7 Å². The third-order valence-electron chi connectivity index (χ3n) is 4.31. The molecule has 1 spiro atoms. The number of aryl methyl sites for hydroxylation is 1. The molecule has 1 saturated heterocycles. The number of aromatic nitrogens is 1. The van der Waals surface area contributed by atoms with Gasteiger partial charge in [0.1, 0.15) is 11.4 Å². The maximum absolute atomic E-state index is 12.2. The van der Waals surface area contributed by atoms with Crippen molar-refractivity contribution in [2.75, 3.05) is 19.7 Å². The summed E-state index contributed by atoms with van der Waals surface area (Å²) in [5.74, 6) is 0.652. The summed E-state index contributed by atoms with van der Waals surface area (Å²) in [6.45, 7) is 4.92. The predicted octanol–water partition coefficient (Wildman–Crippen LogP) is 3.05. The number of likely N-dealkylation sites (tertiary alicyclic amines) is 1. The second-order valence-corrected chi connectivity index (χ2v) is 7.10. The number of carbonyl (C=O) groups is 1. The highest BCUT2D eigenvalue weighted by atomic mass is 16.6. The van der Waals surface area contributed by atoms with Crippen LogP contribution in [-0.2, 0) is 10.2 Å². The highest BCUT2D eigenvalue weighted by molar-refractivity contribution is 5.68. The van der Waals surface area contributed by atoms with Gasteiger partial charge in [-0.2, -0.15) is 0 Å². The Labute approximate surface area is 135 Å². The van der Waals surface area contributed by atoms with E-state index in [1.54, 1.807) is 11.0 Å². The van der Waals surface area contributed by atoms with Crippen molar-refractivity contribution in [2.45, 2.75) is 51.5 Å². The van der Waals surface area contributed by atoms with Crippen LogP contribution in [0.5, 0.6) is 5.75 Å². The summed E-state index contributed by atoms with van der Waals surface area (Å²) < 4.78 is 33.9. The van der Waals surface area contributed by atoms with Crippen molar-refractivity contribution in [3.63, 3.8) is 0 Å². The molecule has 0 unspecified atom stereocenters. The fourth-order valence-electron chi connectivity index (χ4n) is 3.12. The van der Waals surface area contributed by atoms with Crippen molar-refractivity contribution in [3.8, 4) is 5.75 Å². The molecule has 0 aliphatic carbocycles. The molecule has 0 N–H and O–H groups in total. The van der Waals surface area contributed by atoms with E-state index in [0.717, 1.165) is 5.56 Å². The minimum atomic E-state index is -2.24. The van der Waals surface area contributed by atoms with Gasteiger partial charge in [0.2, 0.25) is 0 Å². The van der Waals surface area contributed by atoms with Crippen LogP contribution in [0.3, 0.4) is 0 Å². The smallest absolute Gasteiger partial charge is 0.410 e. The van der Waals surface area contributed by atoms with Crippen LogP contribution in [0, 0.1) is 6.85 Å². The molecule has 0 atom stereocenters. The number of nitrogens with zero attached hydrogens (tertiary/aromatic N) is 2. The molecule has 5 heteroatoms. The Morgan fingerprint density at radius 1 is 1.45 bits per heavy atom. The van der Waals surface area contributed by atoms with Gasteiger partial charge < -0.3 is 14.4 Å². The summed E-state index contributed by atoms with van der Waals surface area (Å²) >= 11 is 0. The van der Waals surface area contributed by atoms with Gasteiger partial charge in [0, 0.05) is 33.9 Å². The first-order valence-corrected chi connectivity index (χ1v) is 7.62. The Hall–Kier alpha value is -1.78. The quantitative estimate of drug-likeness (QED) is 0.739. The molecule has 2 aliphatic rings. The van der Waals surface area contributed by atoms with Crippen LogP contribution in [0.4, 0.5) is 4.79 Å². The lowest BCUT2D eigenvalue weighted by Gasteiger charge is -2.38. The van der Waals surface area contributed by atoms with Crippen molar-refractivity contribution in [1.29, 1.82) is 0 Å². The number of hydrogen-bond donors (Lipinski definition) is 0. The number of ether oxygens (including phenoxy) is 2. The fraction of sp³-hybridized carbons (Fsp3) is 0.647. The Bertz CT molecular complexity index is 675. The lowest BCUT2D eigenvalue weighted by Crippen LogP contribution is -2.47. The maximum Gasteiger partial charge on any atom is 0.410 e. The zero-order valence-corrected chi connectivity index (χ0v) is 13.3. The first-order chi connectivity index (χ1) is 11.5. The lowest BCUT2D eigenvalue weighted by molar-refractivity contribution is 0.0152. The summed E-state index contributed by atoms with van der Waals surface area (Å²) in [4.78, 5) is 18.0. The van der Waals surface area contributed by atoms with Gasteiger partial charge in [-0.05, 0) is 46.5 Å². The zero-order valence-electron chi connectivity index (χ0n) is 16.3. The van der Waals surface area contributed by atoms with E-state index >= 15 is 0 Å². The van der Waals surface area contributed by atoms with E-state index in [2.05, 4.69) is 4.98 Å². The summed E-state index contributed by atoms with van der Waals surface area (Å²) in [6.07, 6.45) is 2.62. The Kier molecular flexibility index (Phi) is 2.75. The van der Waals surface area contributed by atoms with Crippen LogP contribution in [0.25, 0.3) is 0 Å². The van der Waals surface area contributed by atoms with Crippen molar-refractivity contribution < 1.29 is 18.4 Å². The molecule has 0 aromatic carbocycles. The van der Waals surface area contributed by atoms with E-state index in [1.807, 2.05) is 20.8 Å². The normalized spacial score (nSPS) is 22.3. The molecule has 1 aromatic rings. The molecule has 0 bridgehead atoms. The SMILES string of the molecule is [2H]C([2H])([2H])c1cc2c(cn1)OCC21CCN(C(=O)OC(C)(C)C)CC1. The second-order valence-electron chi connectivity index (χ2n) is 7.10. The van der Waals surface area contributed by atoms with E-state index in [-0.39, 0.29) is 17.2 Å². The number of carbonyl (C=O) groups excluding carboxylic acids is 1. The van der Waals surface area contributed by atoms with E-state index in [1.165, 1.54) is 6.20 Å². The monoisotopic (exact) mass is 307 g/mol. The van der Waals surface area contributed by atoms with Crippen LogP contribution in [0.2, 0.25) is 0 Å². The summed E-state index contributed by atoms with van der Waals surface area (Å²) in [5, 5.41) is 0. The van der Waals surface area contributed by atoms with Gasteiger partial charge in [-0.25, -0.2) is 4.79 Å². The summed E-state index contributed by atoms with van der Waals surface area (Å²) in [6, 6.07) is 1.65. The molecule has 2 aliphatic heterocycles. The molecule has 0 radical (unpaired) electrons. The molecule has 120 valence electrons. The predicted molar refractivity (Wildman–Crippen MR) is 83.2 cm³/mol. The standard InChI is InChI=1S/C17H24N2O3/c1-12-9-13-14(10-18-12)21-11-17(13)5-7-19(8-6-17)15(20)22-16(2,3)4/h9-10H,5-8,11H2,1-4H3/i1D3. The van der Waals surface area contributed by atoms with Gasteiger partial charge in [0.25, 0.3) is 0 Å². The molecule has 1 amide bonds. The van der Waals surface area contributed by atoms with Crippen LogP contribution in [0.15, 0.2) is 12.3 Å². The molecule has 1 fully saturated rings. The Morgan fingerprint density at radius 3 is 2.82 bits per heavy atom. The molecule has 3 rings (SSSR count). The van der Waals surface area contributed by atoms with Crippen molar-refractivity contribution in [2.24, 2.45) is 0 Å². The van der Waals surface area contributed by atoms with Crippen molar-refractivity contribution in [1.82, 2.24) is 9.88 Å². The van der Waals surface area contributed by atoms with Crippen LogP contribution in [0.1, 0.15) is 49.0 Å². The largest absolute Gasteiger partial charge is 0.491 e. The first kappa shape index (κ1) is 11.7. The Balaban J connectivity index is 1.76. The minimum Gasteiger partial charge on any atom is -0.491 e. The summed E-state index contributed by atoms with van der Waals surface area (Å²) in [7, 11) is 0. The maximum atomic E-state index is 12.2. The van der Waals surface area contributed by atoms with Gasteiger partial charge >= 0.3 is 6.09 Å². The molecule has 0 saturated carbocycles. The van der Waals surface area contributed by atoms with Crippen LogP contribution in [-0.4, -0.2) is 41.3 Å². The first-order valence-electron chi connectivity index (χ1n) is 9.12. The molecule has 22 heavy (non-hydrogen) atoms. The van der Waals surface area contributed by atoms with E-state index in [9.17, 15) is 4.79 Å². The molecular weight excluding hydrogens is 280 g/mol. The number of piperidine rings is 1. The van der Waals surface area contributed by atoms with Crippen molar-refractivity contribution >= 4 is 6.09 Å². The molecule has 3 heterocycles. The zero-order chi connectivity index (χ0) is 18.5. The van der Waals surface area contributed by atoms with Gasteiger partial charge in [-0.15, -0.1) is 0 Å². The second kappa shape index (κ2) is 5.14. The lowest BCUT2D eigenvalue weighted by atomic mass is 9.74. The van der Waals surface area contributed by atoms with Crippen LogP contribution < -0.4 is 4.74 Å². The third-order valence-corrected chi connectivity index (χ3v) is 4.31. The average molecular weight is 307 g/mol. The molecule has 5 nitrogen and oxygen atoms in total. The van der Waals surface area contributed by atoms with E-state index in [4.69, 9.17) is 13.6 Å². The highest BCUT2D eigenvalue weighted by Crippen LogP contribution is 2.45. The van der Waals surface area contributed by atoms with Crippen molar-refractivity contribution in [3.05, 3.63) is 23.5 Å².